The van der Waals surface area contributed by atoms with Gasteiger partial charge in [-0.3, -0.25) is 4.79 Å². The van der Waals surface area contributed by atoms with Gasteiger partial charge in [0.05, 0.1) is 13.0 Å². The van der Waals surface area contributed by atoms with Gasteiger partial charge in [-0.2, -0.15) is 0 Å². The first-order valence-electron chi connectivity index (χ1n) is 11.7. The molecule has 0 unspecified atom stereocenters. The van der Waals surface area contributed by atoms with Crippen LogP contribution < -0.4 is 19.3 Å². The van der Waals surface area contributed by atoms with Crippen LogP contribution in [0.4, 0.5) is 11.4 Å². The second-order valence-corrected chi connectivity index (χ2v) is 8.97. The van der Waals surface area contributed by atoms with Crippen LogP contribution in [0.15, 0.2) is 48.5 Å². The Morgan fingerprint density at radius 1 is 1.06 bits per heavy atom. The van der Waals surface area contributed by atoms with Gasteiger partial charge in [-0.25, -0.2) is 0 Å². The summed E-state index contributed by atoms with van der Waals surface area (Å²) in [5, 5.41) is 9.22. The van der Waals surface area contributed by atoms with Crippen LogP contribution in [0, 0.1) is 5.92 Å². The minimum Gasteiger partial charge on any atom is -0.494 e. The lowest BCUT2D eigenvalue weighted by Crippen LogP contribution is -2.38. The second-order valence-electron chi connectivity index (χ2n) is 8.97. The smallest absolute Gasteiger partial charge is 0.305 e. The summed E-state index contributed by atoms with van der Waals surface area (Å²) in [6, 6.07) is 16.5. The Morgan fingerprint density at radius 3 is 2.50 bits per heavy atom. The van der Waals surface area contributed by atoms with E-state index < -0.39 is 5.97 Å². The van der Waals surface area contributed by atoms with Gasteiger partial charge in [-0.15, -0.1) is 0 Å². The zero-order chi connectivity index (χ0) is 22.5. The summed E-state index contributed by atoms with van der Waals surface area (Å²) < 4.78 is 11.9. The van der Waals surface area contributed by atoms with Crippen molar-refractivity contribution in [1.29, 1.82) is 0 Å². The second kappa shape index (κ2) is 10.2. The van der Waals surface area contributed by atoms with E-state index in [1.165, 1.54) is 5.69 Å². The molecule has 1 N–H and O–H groups in total. The van der Waals surface area contributed by atoms with Crippen molar-refractivity contribution in [1.82, 2.24) is 0 Å². The average Bonchev–Trinajstić information content (AvgIpc) is 3.14. The molecule has 2 aliphatic rings. The van der Waals surface area contributed by atoms with Gasteiger partial charge < -0.3 is 24.4 Å². The SMILES string of the molecule is CCOc1cccc(N2CCC(Oc3ccc(N4C[C@H](C)C[C@@H]4CC(=O)O)cc3)CC2)c1. The Kier molecular flexibility index (Phi) is 7.08. The van der Waals surface area contributed by atoms with Gasteiger partial charge in [0.2, 0.25) is 0 Å². The molecule has 2 atom stereocenters. The first kappa shape index (κ1) is 22.3. The predicted octanol–water partition coefficient (Wildman–Crippen LogP) is 4.82. The summed E-state index contributed by atoms with van der Waals surface area (Å²) in [5.41, 5.74) is 2.28. The van der Waals surface area contributed by atoms with E-state index in [0.29, 0.717) is 12.5 Å². The molecule has 2 fully saturated rings. The van der Waals surface area contributed by atoms with Crippen LogP contribution >= 0.6 is 0 Å². The Morgan fingerprint density at radius 2 is 1.81 bits per heavy atom. The molecule has 2 aromatic carbocycles. The number of hydrogen-bond donors (Lipinski definition) is 1. The molecule has 2 heterocycles. The lowest BCUT2D eigenvalue weighted by atomic mass is 10.1. The number of rotatable bonds is 8. The van der Waals surface area contributed by atoms with Crippen molar-refractivity contribution < 1.29 is 19.4 Å². The maximum atomic E-state index is 11.2. The van der Waals surface area contributed by atoms with Gasteiger partial charge in [-0.1, -0.05) is 13.0 Å². The number of benzene rings is 2. The summed E-state index contributed by atoms with van der Waals surface area (Å²) in [6.45, 7) is 7.69. The van der Waals surface area contributed by atoms with Crippen LogP contribution in [-0.2, 0) is 4.79 Å². The van der Waals surface area contributed by atoms with Gasteiger partial charge in [0.25, 0.3) is 0 Å². The number of aliphatic carboxylic acids is 1. The number of carboxylic acid groups (broad SMARTS) is 1. The Hall–Kier alpha value is -2.89. The molecule has 0 spiro atoms. The number of nitrogens with zero attached hydrogens (tertiary/aromatic N) is 2. The Bertz CT molecular complexity index is 893. The molecule has 172 valence electrons. The molecule has 4 rings (SSSR count). The van der Waals surface area contributed by atoms with E-state index in [4.69, 9.17) is 9.47 Å². The topological polar surface area (TPSA) is 62.2 Å². The van der Waals surface area contributed by atoms with Crippen LogP contribution in [-0.4, -0.2) is 49.5 Å². The number of ether oxygens (including phenoxy) is 2. The van der Waals surface area contributed by atoms with Crippen molar-refractivity contribution in [2.75, 3.05) is 36.0 Å². The fourth-order valence-corrected chi connectivity index (χ4v) is 4.94. The molecule has 0 aliphatic carbocycles. The molecule has 32 heavy (non-hydrogen) atoms. The van der Waals surface area contributed by atoms with Crippen LogP contribution in [0.25, 0.3) is 0 Å². The molecule has 2 aliphatic heterocycles. The number of anilines is 2. The summed E-state index contributed by atoms with van der Waals surface area (Å²) in [7, 11) is 0. The third-order valence-electron chi connectivity index (χ3n) is 6.44. The quantitative estimate of drug-likeness (QED) is 0.637. The zero-order valence-electron chi connectivity index (χ0n) is 19.1. The van der Waals surface area contributed by atoms with Crippen molar-refractivity contribution in [3.8, 4) is 11.5 Å². The van der Waals surface area contributed by atoms with Crippen LogP contribution in [0.3, 0.4) is 0 Å². The Balaban J connectivity index is 1.31. The molecule has 0 bridgehead atoms. The number of carboxylic acids is 1. The lowest BCUT2D eigenvalue weighted by molar-refractivity contribution is -0.137. The van der Waals surface area contributed by atoms with Gasteiger partial charge in [0.15, 0.2) is 0 Å². The van der Waals surface area contributed by atoms with Crippen LogP contribution in [0.2, 0.25) is 0 Å². The van der Waals surface area contributed by atoms with Crippen molar-refractivity contribution in [3.63, 3.8) is 0 Å². The van der Waals surface area contributed by atoms with E-state index in [9.17, 15) is 9.90 Å². The van der Waals surface area contributed by atoms with Gasteiger partial charge in [0.1, 0.15) is 17.6 Å². The normalized spacial score (nSPS) is 21.6. The highest BCUT2D eigenvalue weighted by Gasteiger charge is 2.31. The van der Waals surface area contributed by atoms with E-state index in [-0.39, 0.29) is 18.6 Å². The predicted molar refractivity (Wildman–Crippen MR) is 127 cm³/mol. The van der Waals surface area contributed by atoms with Crippen molar-refractivity contribution in [2.24, 2.45) is 5.92 Å². The Labute approximate surface area is 190 Å². The zero-order valence-corrected chi connectivity index (χ0v) is 19.1. The van der Waals surface area contributed by atoms with E-state index in [2.05, 4.69) is 41.0 Å². The van der Waals surface area contributed by atoms with Gasteiger partial charge in [0, 0.05) is 56.0 Å². The molecule has 2 saturated heterocycles. The highest BCUT2D eigenvalue weighted by molar-refractivity contribution is 5.69. The maximum absolute atomic E-state index is 11.2. The molecular formula is C26H34N2O4. The van der Waals surface area contributed by atoms with Crippen LogP contribution in [0.5, 0.6) is 11.5 Å². The molecule has 0 saturated carbocycles. The highest BCUT2D eigenvalue weighted by atomic mass is 16.5. The van der Waals surface area contributed by atoms with Crippen molar-refractivity contribution in [3.05, 3.63) is 48.5 Å². The van der Waals surface area contributed by atoms with Crippen LogP contribution in [0.1, 0.15) is 39.5 Å². The van der Waals surface area contributed by atoms with E-state index in [1.807, 2.05) is 31.2 Å². The molecule has 0 radical (unpaired) electrons. The molecule has 2 aromatic rings. The maximum Gasteiger partial charge on any atom is 0.305 e. The first-order valence-corrected chi connectivity index (χ1v) is 11.7. The van der Waals surface area contributed by atoms with Crippen molar-refractivity contribution >= 4 is 17.3 Å². The number of carbonyl (C=O) groups is 1. The minimum atomic E-state index is -0.731. The molecule has 6 heteroatoms. The monoisotopic (exact) mass is 438 g/mol. The van der Waals surface area contributed by atoms with E-state index in [0.717, 1.165) is 56.1 Å². The van der Waals surface area contributed by atoms with Gasteiger partial charge in [-0.05, 0) is 55.7 Å². The summed E-state index contributed by atoms with van der Waals surface area (Å²) in [4.78, 5) is 15.8. The molecule has 0 amide bonds. The molecular weight excluding hydrogens is 404 g/mol. The first-order chi connectivity index (χ1) is 15.5. The number of hydrogen-bond acceptors (Lipinski definition) is 5. The third kappa shape index (κ3) is 5.47. The fraction of sp³-hybridized carbons (Fsp3) is 0.500. The summed E-state index contributed by atoms with van der Waals surface area (Å²) in [6.07, 6.45) is 3.28. The van der Waals surface area contributed by atoms with Crippen molar-refractivity contribution in [2.45, 2.75) is 51.7 Å². The summed E-state index contributed by atoms with van der Waals surface area (Å²) in [5.74, 6) is 1.58. The minimum absolute atomic E-state index is 0.0693. The lowest BCUT2D eigenvalue weighted by Gasteiger charge is -2.34. The molecule has 0 aromatic heterocycles. The number of piperidine rings is 1. The average molecular weight is 439 g/mol. The standard InChI is InChI=1S/C26H34N2O4/c1-3-31-25-6-4-5-21(16-25)27-13-11-24(12-14-27)32-23-9-7-20(8-10-23)28-18-19(2)15-22(28)17-26(29)30/h4-10,16,19,22,24H,3,11-15,17-18H2,1-2H3,(H,29,30)/t19-,22-/m1/s1. The fourth-order valence-electron chi connectivity index (χ4n) is 4.94. The molecule has 6 nitrogen and oxygen atoms in total. The third-order valence-corrected chi connectivity index (χ3v) is 6.44. The van der Waals surface area contributed by atoms with Gasteiger partial charge >= 0.3 is 5.97 Å². The highest BCUT2D eigenvalue weighted by Crippen LogP contribution is 2.32. The van der Waals surface area contributed by atoms with E-state index >= 15 is 0 Å². The summed E-state index contributed by atoms with van der Waals surface area (Å²) >= 11 is 0. The van der Waals surface area contributed by atoms with E-state index in [1.54, 1.807) is 0 Å². The largest absolute Gasteiger partial charge is 0.494 e.